The van der Waals surface area contributed by atoms with Crippen molar-refractivity contribution < 1.29 is 9.59 Å². The average Bonchev–Trinajstić information content (AvgIpc) is 2.94. The van der Waals surface area contributed by atoms with Gasteiger partial charge in [0, 0.05) is 18.4 Å². The van der Waals surface area contributed by atoms with E-state index in [4.69, 9.17) is 5.73 Å². The number of nitrogens with two attached hydrogens (primary N) is 1. The molecule has 0 unspecified atom stereocenters. The zero-order valence-corrected chi connectivity index (χ0v) is 12.9. The van der Waals surface area contributed by atoms with Crippen molar-refractivity contribution in [2.45, 2.75) is 12.8 Å². The minimum absolute atomic E-state index is 0.0606. The van der Waals surface area contributed by atoms with Gasteiger partial charge in [0.1, 0.15) is 29.1 Å². The third kappa shape index (κ3) is 2.33. The first-order valence-electron chi connectivity index (χ1n) is 7.31. The van der Waals surface area contributed by atoms with E-state index < -0.39 is 17.4 Å². The van der Waals surface area contributed by atoms with Gasteiger partial charge in [-0.15, -0.1) is 0 Å². The molecule has 1 aliphatic rings. The Hall–Kier alpha value is -3.91. The lowest BCUT2D eigenvalue weighted by atomic mass is 9.96. The largest absolute Gasteiger partial charge is 0.382 e. The van der Waals surface area contributed by atoms with Crippen LogP contribution < -0.4 is 16.3 Å². The second kappa shape index (κ2) is 5.95. The molecule has 25 heavy (non-hydrogen) atoms. The number of hydrogen-bond acceptors (Lipinski definition) is 6. The summed E-state index contributed by atoms with van der Waals surface area (Å²) in [7, 11) is 0. The van der Waals surface area contributed by atoms with Crippen molar-refractivity contribution in [1.82, 2.24) is 4.68 Å². The lowest BCUT2D eigenvalue weighted by Crippen LogP contribution is -2.48. The van der Waals surface area contributed by atoms with E-state index in [0.717, 1.165) is 0 Å². The van der Waals surface area contributed by atoms with Crippen LogP contribution in [0.2, 0.25) is 0 Å². The van der Waals surface area contributed by atoms with E-state index in [9.17, 15) is 24.9 Å². The van der Waals surface area contributed by atoms with Crippen molar-refractivity contribution in [2.75, 3.05) is 10.7 Å². The van der Waals surface area contributed by atoms with E-state index in [1.54, 1.807) is 36.4 Å². The molecule has 0 radical (unpaired) electrons. The molecule has 0 atom stereocenters. The maximum atomic E-state index is 12.8. The second-order valence-electron chi connectivity index (χ2n) is 5.32. The Bertz CT molecular complexity index is 1030. The zero-order valence-electron chi connectivity index (χ0n) is 12.9. The molecule has 3 rings (SSSR count). The first-order valence-corrected chi connectivity index (χ1v) is 7.31. The number of pyridine rings is 1. The summed E-state index contributed by atoms with van der Waals surface area (Å²) in [5.74, 6) is -1.58. The molecule has 8 heteroatoms. The molecule has 0 bridgehead atoms. The normalized spacial score (nSPS) is 13.6. The molecule has 1 aliphatic heterocycles. The predicted octanol–water partition coefficient (Wildman–Crippen LogP) is 0.626. The van der Waals surface area contributed by atoms with Gasteiger partial charge in [-0.25, -0.2) is 0 Å². The molecule has 2 heterocycles. The maximum absolute atomic E-state index is 12.8. The fraction of sp³-hybridized carbons (Fsp3) is 0.118. The lowest BCUT2D eigenvalue weighted by molar-refractivity contribution is -0.123. The Morgan fingerprint density at radius 3 is 2.00 bits per heavy atom. The molecular weight excluding hydrogens is 322 g/mol. The number of rotatable bonds is 2. The van der Waals surface area contributed by atoms with Gasteiger partial charge in [-0.05, 0) is 5.56 Å². The van der Waals surface area contributed by atoms with Gasteiger partial charge in [0.05, 0.1) is 0 Å². The smallest absolute Gasteiger partial charge is 0.290 e. The topological polar surface area (TPSA) is 133 Å². The average molecular weight is 333 g/mol. The van der Waals surface area contributed by atoms with Gasteiger partial charge in [0.25, 0.3) is 5.56 Å². The van der Waals surface area contributed by atoms with Crippen molar-refractivity contribution >= 4 is 17.6 Å². The Morgan fingerprint density at radius 1 is 0.920 bits per heavy atom. The Kier molecular flexibility index (Phi) is 3.80. The van der Waals surface area contributed by atoms with E-state index in [1.807, 2.05) is 6.07 Å². The van der Waals surface area contributed by atoms with Crippen LogP contribution in [0.4, 0.5) is 5.82 Å². The highest BCUT2D eigenvalue weighted by molar-refractivity contribution is 6.14. The molecule has 2 amide bonds. The fourth-order valence-corrected chi connectivity index (χ4v) is 2.78. The first-order chi connectivity index (χ1) is 12.0. The summed E-state index contributed by atoms with van der Waals surface area (Å²) in [5, 5.41) is 19.6. The fourth-order valence-electron chi connectivity index (χ4n) is 2.78. The van der Waals surface area contributed by atoms with Gasteiger partial charge < -0.3 is 5.73 Å². The summed E-state index contributed by atoms with van der Waals surface area (Å²) in [5.41, 5.74) is 5.08. The number of carbonyl (C=O) groups excluding carboxylic acids is 2. The van der Waals surface area contributed by atoms with E-state index in [0.29, 0.717) is 15.2 Å². The molecule has 0 spiro atoms. The van der Waals surface area contributed by atoms with Crippen LogP contribution in [0.5, 0.6) is 0 Å². The number of nitrogens with zero attached hydrogens (tertiary/aromatic N) is 4. The van der Waals surface area contributed by atoms with Crippen LogP contribution in [0.25, 0.3) is 11.1 Å². The number of amides is 2. The van der Waals surface area contributed by atoms with Gasteiger partial charge >= 0.3 is 0 Å². The highest BCUT2D eigenvalue weighted by Gasteiger charge is 2.35. The Labute approximate surface area is 141 Å². The number of carbonyl (C=O) groups is 2. The van der Waals surface area contributed by atoms with E-state index in [2.05, 4.69) is 0 Å². The number of hydrogen-bond donors (Lipinski definition) is 1. The van der Waals surface area contributed by atoms with Gasteiger partial charge in [-0.2, -0.15) is 20.2 Å². The summed E-state index contributed by atoms with van der Waals surface area (Å²) in [6, 6.07) is 12.0. The molecule has 0 saturated carbocycles. The van der Waals surface area contributed by atoms with Crippen LogP contribution in [0, 0.1) is 22.7 Å². The van der Waals surface area contributed by atoms with Gasteiger partial charge in [-0.3, -0.25) is 14.4 Å². The number of nitrogen functional groups attached to an aromatic ring is 1. The summed E-state index contributed by atoms with van der Waals surface area (Å²) in [6.45, 7) is 0. The molecule has 1 fully saturated rings. The monoisotopic (exact) mass is 333 g/mol. The van der Waals surface area contributed by atoms with Crippen molar-refractivity contribution in [3.8, 4) is 23.3 Å². The Balaban J connectivity index is 2.42. The van der Waals surface area contributed by atoms with E-state index in [-0.39, 0.29) is 35.3 Å². The minimum Gasteiger partial charge on any atom is -0.382 e. The highest BCUT2D eigenvalue weighted by atomic mass is 16.2. The first kappa shape index (κ1) is 16.0. The summed E-state index contributed by atoms with van der Waals surface area (Å²) < 4.78 is 0.626. The van der Waals surface area contributed by atoms with Gasteiger partial charge in [0.15, 0.2) is 0 Å². The zero-order chi connectivity index (χ0) is 18.1. The van der Waals surface area contributed by atoms with Gasteiger partial charge in [0.2, 0.25) is 11.8 Å². The quantitative estimate of drug-likeness (QED) is 0.801. The van der Waals surface area contributed by atoms with E-state index in [1.165, 1.54) is 0 Å². The molecule has 2 aromatic rings. The molecule has 2 N–H and O–H groups in total. The van der Waals surface area contributed by atoms with Crippen LogP contribution >= 0.6 is 0 Å². The molecule has 1 aromatic heterocycles. The molecule has 1 saturated heterocycles. The number of anilines is 1. The summed E-state index contributed by atoms with van der Waals surface area (Å²) in [6.07, 6.45) is -0.121. The number of nitriles is 2. The van der Waals surface area contributed by atoms with Gasteiger partial charge in [-0.1, -0.05) is 30.3 Å². The highest BCUT2D eigenvalue weighted by Crippen LogP contribution is 2.29. The van der Waals surface area contributed by atoms with Crippen LogP contribution in [-0.4, -0.2) is 16.5 Å². The van der Waals surface area contributed by atoms with Crippen molar-refractivity contribution in [3.05, 3.63) is 51.8 Å². The molecule has 1 aromatic carbocycles. The van der Waals surface area contributed by atoms with E-state index >= 15 is 0 Å². The molecule has 0 aliphatic carbocycles. The summed E-state index contributed by atoms with van der Waals surface area (Å²) >= 11 is 0. The van der Waals surface area contributed by atoms with Crippen LogP contribution in [-0.2, 0) is 9.59 Å². The number of aromatic nitrogens is 1. The number of imide groups is 1. The third-order valence-electron chi connectivity index (χ3n) is 3.90. The number of benzene rings is 1. The minimum atomic E-state index is -0.915. The molecule has 8 nitrogen and oxygen atoms in total. The maximum Gasteiger partial charge on any atom is 0.290 e. The molecular formula is C17H11N5O3. The van der Waals surface area contributed by atoms with Crippen LogP contribution in [0.1, 0.15) is 24.0 Å². The standard InChI is InChI=1S/C17H11N5O3/c18-8-11-15(10-4-2-1-3-5-10)12(9-19)17(25)22(16(11)20)21-13(23)6-7-14(21)24/h1-5H,6-7,20H2. The van der Waals surface area contributed by atoms with Crippen molar-refractivity contribution in [1.29, 1.82) is 10.5 Å². The summed E-state index contributed by atoms with van der Waals surface area (Å²) in [4.78, 5) is 36.7. The van der Waals surface area contributed by atoms with Crippen LogP contribution in [0.15, 0.2) is 35.1 Å². The van der Waals surface area contributed by atoms with Crippen molar-refractivity contribution in [3.63, 3.8) is 0 Å². The third-order valence-corrected chi connectivity index (χ3v) is 3.90. The lowest BCUT2D eigenvalue weighted by Gasteiger charge is -2.21. The molecule has 122 valence electrons. The van der Waals surface area contributed by atoms with Crippen LogP contribution in [0.3, 0.4) is 0 Å². The SMILES string of the molecule is N#Cc1c(-c2ccccc2)c(C#N)c(=O)n(N2C(=O)CCC2=O)c1N. The predicted molar refractivity (Wildman–Crippen MR) is 87.4 cm³/mol. The Morgan fingerprint density at radius 2 is 1.48 bits per heavy atom. The van der Waals surface area contributed by atoms with Crippen molar-refractivity contribution in [2.24, 2.45) is 0 Å². The second-order valence-corrected chi connectivity index (χ2v) is 5.32.